The summed E-state index contributed by atoms with van der Waals surface area (Å²) in [7, 11) is 1.80. The molecule has 0 aromatic rings. The lowest BCUT2D eigenvalue weighted by Gasteiger charge is -2.33. The van der Waals surface area contributed by atoms with Crippen LogP contribution >= 0.6 is 0 Å². The Morgan fingerprint density at radius 1 is 1.40 bits per heavy atom. The molecule has 0 aromatic carbocycles. The number of carbonyl (C=O) groups excluding carboxylic acids is 1. The predicted molar refractivity (Wildman–Crippen MR) is 81.8 cm³/mol. The number of hydrogen-bond acceptors (Lipinski definition) is 3. The van der Waals surface area contributed by atoms with E-state index in [2.05, 4.69) is 22.1 Å². The third-order valence-electron chi connectivity index (χ3n) is 3.62. The van der Waals surface area contributed by atoms with Crippen LogP contribution in [0.25, 0.3) is 0 Å². The number of carbonyl (C=O) groups is 1. The molecule has 0 saturated carbocycles. The fourth-order valence-electron chi connectivity index (χ4n) is 2.53. The Hall–Kier alpha value is -1.26. The standard InChI is InChI=1S/C15H29N3O2/c1-4-6-7-10-17-15(16-3)18-11-8-9-13(12-18)14(19)20-5-2/h13H,4-12H2,1-3H3,(H,16,17). The van der Waals surface area contributed by atoms with Gasteiger partial charge in [-0.3, -0.25) is 9.79 Å². The van der Waals surface area contributed by atoms with E-state index in [1.165, 1.54) is 12.8 Å². The van der Waals surface area contributed by atoms with Crippen LogP contribution in [-0.2, 0) is 9.53 Å². The summed E-state index contributed by atoms with van der Waals surface area (Å²) >= 11 is 0. The number of rotatable bonds is 6. The highest BCUT2D eigenvalue weighted by Crippen LogP contribution is 2.18. The molecule has 0 spiro atoms. The van der Waals surface area contributed by atoms with E-state index in [4.69, 9.17) is 4.74 Å². The summed E-state index contributed by atoms with van der Waals surface area (Å²) in [6, 6.07) is 0. The largest absolute Gasteiger partial charge is 0.466 e. The number of piperidine rings is 1. The number of hydrogen-bond donors (Lipinski definition) is 1. The fraction of sp³-hybridized carbons (Fsp3) is 0.867. The first-order chi connectivity index (χ1) is 9.72. The van der Waals surface area contributed by atoms with Crippen LogP contribution in [0.4, 0.5) is 0 Å². The van der Waals surface area contributed by atoms with Crippen LogP contribution in [0.1, 0.15) is 46.0 Å². The number of unbranched alkanes of at least 4 members (excludes halogenated alkanes) is 2. The van der Waals surface area contributed by atoms with E-state index in [9.17, 15) is 4.79 Å². The number of aliphatic imine (C=N–C) groups is 1. The number of nitrogens with zero attached hydrogens (tertiary/aromatic N) is 2. The third kappa shape index (κ3) is 5.39. The summed E-state index contributed by atoms with van der Waals surface area (Å²) in [4.78, 5) is 18.4. The van der Waals surface area contributed by atoms with Gasteiger partial charge in [0.2, 0.25) is 0 Å². The number of likely N-dealkylation sites (tertiary alicyclic amines) is 1. The average Bonchev–Trinajstić information content (AvgIpc) is 2.48. The van der Waals surface area contributed by atoms with Gasteiger partial charge in [0, 0.05) is 26.7 Å². The molecule has 0 radical (unpaired) electrons. The number of esters is 1. The number of ether oxygens (including phenoxy) is 1. The van der Waals surface area contributed by atoms with Crippen LogP contribution in [0.5, 0.6) is 0 Å². The molecule has 116 valence electrons. The second-order valence-corrected chi connectivity index (χ2v) is 5.22. The molecule has 0 amide bonds. The van der Waals surface area contributed by atoms with E-state index in [0.717, 1.165) is 38.3 Å². The van der Waals surface area contributed by atoms with Gasteiger partial charge in [-0.2, -0.15) is 0 Å². The molecule has 5 nitrogen and oxygen atoms in total. The maximum Gasteiger partial charge on any atom is 0.310 e. The van der Waals surface area contributed by atoms with Crippen molar-refractivity contribution in [1.82, 2.24) is 10.2 Å². The first-order valence-corrected chi connectivity index (χ1v) is 7.85. The molecule has 5 heteroatoms. The van der Waals surface area contributed by atoms with Crippen molar-refractivity contribution in [3.05, 3.63) is 0 Å². The lowest BCUT2D eigenvalue weighted by molar-refractivity contribution is -0.149. The van der Waals surface area contributed by atoms with Gasteiger partial charge in [0.05, 0.1) is 12.5 Å². The van der Waals surface area contributed by atoms with E-state index in [1.807, 2.05) is 6.92 Å². The van der Waals surface area contributed by atoms with Crippen molar-refractivity contribution in [2.75, 3.05) is 33.3 Å². The Kier molecular flexibility index (Phi) is 8.07. The molecule has 1 fully saturated rings. The van der Waals surface area contributed by atoms with E-state index in [-0.39, 0.29) is 11.9 Å². The van der Waals surface area contributed by atoms with Gasteiger partial charge in [-0.25, -0.2) is 0 Å². The van der Waals surface area contributed by atoms with Gasteiger partial charge in [0.15, 0.2) is 5.96 Å². The van der Waals surface area contributed by atoms with E-state index >= 15 is 0 Å². The van der Waals surface area contributed by atoms with Crippen molar-refractivity contribution < 1.29 is 9.53 Å². The van der Waals surface area contributed by atoms with E-state index < -0.39 is 0 Å². The van der Waals surface area contributed by atoms with Crippen molar-refractivity contribution >= 4 is 11.9 Å². The van der Waals surface area contributed by atoms with Crippen molar-refractivity contribution in [2.45, 2.75) is 46.0 Å². The number of nitrogens with one attached hydrogen (secondary N) is 1. The summed E-state index contributed by atoms with van der Waals surface area (Å²) < 4.78 is 5.13. The maximum absolute atomic E-state index is 11.8. The Bertz CT molecular complexity index is 318. The molecule has 1 heterocycles. The molecule has 1 saturated heterocycles. The van der Waals surface area contributed by atoms with Gasteiger partial charge in [0.1, 0.15) is 0 Å². The van der Waals surface area contributed by atoms with Crippen LogP contribution in [0, 0.1) is 5.92 Å². The Balaban J connectivity index is 2.45. The SMILES string of the molecule is CCCCCNC(=NC)N1CCCC(C(=O)OCC)C1. The maximum atomic E-state index is 11.8. The van der Waals surface area contributed by atoms with Gasteiger partial charge < -0.3 is 15.0 Å². The van der Waals surface area contributed by atoms with Gasteiger partial charge >= 0.3 is 5.97 Å². The molecular weight excluding hydrogens is 254 g/mol. The van der Waals surface area contributed by atoms with Crippen molar-refractivity contribution in [3.63, 3.8) is 0 Å². The summed E-state index contributed by atoms with van der Waals surface area (Å²) in [5.74, 6) is 0.826. The molecular formula is C15H29N3O2. The van der Waals surface area contributed by atoms with Crippen LogP contribution in [0.3, 0.4) is 0 Å². The number of guanidine groups is 1. The van der Waals surface area contributed by atoms with Crippen LogP contribution in [0.15, 0.2) is 4.99 Å². The molecule has 1 unspecified atom stereocenters. The zero-order chi connectivity index (χ0) is 14.8. The van der Waals surface area contributed by atoms with Crippen molar-refractivity contribution in [1.29, 1.82) is 0 Å². The van der Waals surface area contributed by atoms with E-state index in [0.29, 0.717) is 13.2 Å². The molecule has 1 aliphatic heterocycles. The minimum absolute atomic E-state index is 0.0158. The van der Waals surface area contributed by atoms with Crippen molar-refractivity contribution in [3.8, 4) is 0 Å². The highest BCUT2D eigenvalue weighted by Gasteiger charge is 2.28. The Morgan fingerprint density at radius 3 is 2.85 bits per heavy atom. The third-order valence-corrected chi connectivity index (χ3v) is 3.62. The minimum atomic E-state index is -0.0707. The topological polar surface area (TPSA) is 53.9 Å². The molecule has 0 aliphatic carbocycles. The summed E-state index contributed by atoms with van der Waals surface area (Å²) in [6.07, 6.45) is 5.54. The zero-order valence-corrected chi connectivity index (χ0v) is 13.2. The minimum Gasteiger partial charge on any atom is -0.466 e. The normalized spacial score (nSPS) is 19.9. The smallest absolute Gasteiger partial charge is 0.310 e. The molecule has 1 aliphatic rings. The first kappa shape index (κ1) is 16.8. The lowest BCUT2D eigenvalue weighted by atomic mass is 9.98. The molecule has 0 bridgehead atoms. The predicted octanol–water partition coefficient (Wildman–Crippen LogP) is 2.03. The van der Waals surface area contributed by atoms with Gasteiger partial charge in [-0.05, 0) is 26.2 Å². The molecule has 1 N–H and O–H groups in total. The quantitative estimate of drug-likeness (QED) is 0.351. The molecule has 1 rings (SSSR count). The molecule has 1 atom stereocenters. The van der Waals surface area contributed by atoms with Crippen LogP contribution < -0.4 is 5.32 Å². The summed E-state index contributed by atoms with van der Waals surface area (Å²) in [5, 5.41) is 3.39. The fourth-order valence-corrected chi connectivity index (χ4v) is 2.53. The van der Waals surface area contributed by atoms with Gasteiger partial charge in [0.25, 0.3) is 0 Å². The first-order valence-electron chi connectivity index (χ1n) is 7.85. The van der Waals surface area contributed by atoms with Crippen molar-refractivity contribution in [2.24, 2.45) is 10.9 Å². The van der Waals surface area contributed by atoms with Crippen LogP contribution in [-0.4, -0.2) is 50.1 Å². The van der Waals surface area contributed by atoms with Gasteiger partial charge in [-0.1, -0.05) is 19.8 Å². The summed E-state index contributed by atoms with van der Waals surface area (Å²) in [6.45, 7) is 7.13. The Labute approximate surface area is 122 Å². The van der Waals surface area contributed by atoms with E-state index in [1.54, 1.807) is 7.05 Å². The average molecular weight is 283 g/mol. The van der Waals surface area contributed by atoms with Crippen LogP contribution in [0.2, 0.25) is 0 Å². The zero-order valence-electron chi connectivity index (χ0n) is 13.2. The lowest BCUT2D eigenvalue weighted by Crippen LogP contribution is -2.48. The second kappa shape index (κ2) is 9.61. The summed E-state index contributed by atoms with van der Waals surface area (Å²) in [5.41, 5.74) is 0. The monoisotopic (exact) mass is 283 g/mol. The second-order valence-electron chi connectivity index (χ2n) is 5.22. The highest BCUT2D eigenvalue weighted by molar-refractivity contribution is 5.81. The Morgan fingerprint density at radius 2 is 2.20 bits per heavy atom. The highest BCUT2D eigenvalue weighted by atomic mass is 16.5. The van der Waals surface area contributed by atoms with Gasteiger partial charge in [-0.15, -0.1) is 0 Å². The molecule has 20 heavy (non-hydrogen) atoms. The molecule has 0 aromatic heterocycles.